The smallest absolute Gasteiger partial charge is 0.223 e. The number of carbonyl (C=O) groups is 2. The third-order valence-electron chi connectivity index (χ3n) is 5.12. The molecule has 0 saturated heterocycles. The summed E-state index contributed by atoms with van der Waals surface area (Å²) >= 11 is 0. The Morgan fingerprint density at radius 2 is 1.75 bits per heavy atom. The van der Waals surface area contributed by atoms with Crippen LogP contribution in [0.3, 0.4) is 0 Å². The Balaban J connectivity index is 1.34. The van der Waals surface area contributed by atoms with E-state index in [9.17, 15) is 14.0 Å². The molecule has 1 aromatic heterocycles. The molecule has 2 amide bonds. The van der Waals surface area contributed by atoms with Crippen molar-refractivity contribution in [3.63, 3.8) is 0 Å². The molecule has 1 heterocycles. The van der Waals surface area contributed by atoms with Crippen molar-refractivity contribution >= 4 is 11.8 Å². The van der Waals surface area contributed by atoms with Gasteiger partial charge in [0.1, 0.15) is 17.3 Å². The Kier molecular flexibility index (Phi) is 7.23. The molecule has 1 fully saturated rings. The quantitative estimate of drug-likeness (QED) is 0.678. The van der Waals surface area contributed by atoms with Gasteiger partial charge in [-0.25, -0.2) is 4.39 Å². The third-order valence-corrected chi connectivity index (χ3v) is 5.12. The minimum atomic E-state index is -0.337. The summed E-state index contributed by atoms with van der Waals surface area (Å²) in [6.45, 7) is 0.856. The standard InChI is InChI=1S/C22H27FN2O3/c23-19-9-5-4-8-18(19)20-12-10-17(28-20)11-13-21(26)24-14-15-25-22(27)16-6-2-1-3-7-16/h4-5,8-10,12,16H,1-3,6-7,11,13-15H2,(H,24,26)(H,25,27). The predicted octanol–water partition coefficient (Wildman–Crippen LogP) is 3.83. The van der Waals surface area contributed by atoms with Gasteiger partial charge in [0, 0.05) is 31.8 Å². The van der Waals surface area contributed by atoms with Gasteiger partial charge in [-0.05, 0) is 37.1 Å². The fourth-order valence-corrected chi connectivity index (χ4v) is 3.54. The van der Waals surface area contributed by atoms with E-state index >= 15 is 0 Å². The molecule has 0 bridgehead atoms. The molecular formula is C22H27FN2O3. The van der Waals surface area contributed by atoms with Crippen LogP contribution in [0.2, 0.25) is 0 Å². The van der Waals surface area contributed by atoms with Gasteiger partial charge < -0.3 is 15.1 Å². The van der Waals surface area contributed by atoms with Crippen molar-refractivity contribution in [2.75, 3.05) is 13.1 Å². The van der Waals surface area contributed by atoms with Crippen LogP contribution in [0.5, 0.6) is 0 Å². The topological polar surface area (TPSA) is 71.3 Å². The van der Waals surface area contributed by atoms with E-state index in [1.807, 2.05) is 0 Å². The molecule has 1 saturated carbocycles. The van der Waals surface area contributed by atoms with Crippen LogP contribution in [0.4, 0.5) is 4.39 Å². The first-order valence-corrected chi connectivity index (χ1v) is 10.0. The first-order chi connectivity index (χ1) is 13.6. The summed E-state index contributed by atoms with van der Waals surface area (Å²) in [7, 11) is 0. The fraction of sp³-hybridized carbons (Fsp3) is 0.455. The molecule has 0 unspecified atom stereocenters. The van der Waals surface area contributed by atoms with Crippen LogP contribution in [0.1, 0.15) is 44.3 Å². The summed E-state index contributed by atoms with van der Waals surface area (Å²) in [5, 5.41) is 5.70. The van der Waals surface area contributed by atoms with Gasteiger partial charge in [0.25, 0.3) is 0 Å². The monoisotopic (exact) mass is 386 g/mol. The molecule has 0 aliphatic heterocycles. The van der Waals surface area contributed by atoms with Crippen molar-refractivity contribution in [3.05, 3.63) is 48.0 Å². The lowest BCUT2D eigenvalue weighted by Gasteiger charge is -2.20. The van der Waals surface area contributed by atoms with Gasteiger partial charge >= 0.3 is 0 Å². The molecular weight excluding hydrogens is 359 g/mol. The average molecular weight is 386 g/mol. The van der Waals surface area contributed by atoms with Gasteiger partial charge in [-0.2, -0.15) is 0 Å². The lowest BCUT2D eigenvalue weighted by Crippen LogP contribution is -2.38. The zero-order valence-corrected chi connectivity index (χ0v) is 16.0. The molecule has 1 aliphatic carbocycles. The molecule has 3 rings (SSSR count). The Morgan fingerprint density at radius 3 is 2.54 bits per heavy atom. The minimum Gasteiger partial charge on any atom is -0.461 e. The van der Waals surface area contributed by atoms with Gasteiger partial charge in [-0.15, -0.1) is 0 Å². The van der Waals surface area contributed by atoms with Crippen molar-refractivity contribution in [1.82, 2.24) is 10.6 Å². The summed E-state index contributed by atoms with van der Waals surface area (Å²) in [6, 6.07) is 9.90. The number of carbonyl (C=O) groups excluding carboxylic acids is 2. The van der Waals surface area contributed by atoms with E-state index in [4.69, 9.17) is 4.42 Å². The Bertz CT molecular complexity index is 797. The predicted molar refractivity (Wildman–Crippen MR) is 105 cm³/mol. The zero-order valence-electron chi connectivity index (χ0n) is 16.0. The van der Waals surface area contributed by atoms with Crippen molar-refractivity contribution < 1.29 is 18.4 Å². The van der Waals surface area contributed by atoms with Gasteiger partial charge in [0.15, 0.2) is 0 Å². The van der Waals surface area contributed by atoms with Crippen molar-refractivity contribution in [2.24, 2.45) is 5.92 Å². The van der Waals surface area contributed by atoms with E-state index in [1.54, 1.807) is 30.3 Å². The van der Waals surface area contributed by atoms with Crippen molar-refractivity contribution in [2.45, 2.75) is 44.9 Å². The van der Waals surface area contributed by atoms with Crippen molar-refractivity contribution in [3.8, 4) is 11.3 Å². The van der Waals surface area contributed by atoms with Gasteiger partial charge in [0.05, 0.1) is 5.56 Å². The Labute approximate surface area is 164 Å². The third kappa shape index (κ3) is 5.68. The molecule has 2 N–H and O–H groups in total. The highest BCUT2D eigenvalue weighted by Crippen LogP contribution is 2.25. The molecule has 6 heteroatoms. The van der Waals surface area contributed by atoms with Crippen LogP contribution < -0.4 is 10.6 Å². The maximum atomic E-state index is 13.8. The average Bonchev–Trinajstić information content (AvgIpc) is 3.19. The zero-order chi connectivity index (χ0) is 19.8. The van der Waals surface area contributed by atoms with Crippen LogP contribution in [-0.2, 0) is 16.0 Å². The normalized spacial score (nSPS) is 14.6. The SMILES string of the molecule is O=C(CCc1ccc(-c2ccccc2F)o1)NCCNC(=O)C1CCCCC1. The highest BCUT2D eigenvalue weighted by Gasteiger charge is 2.20. The Hall–Kier alpha value is -2.63. The second-order valence-electron chi connectivity index (χ2n) is 7.22. The van der Waals surface area contributed by atoms with E-state index in [2.05, 4.69) is 10.6 Å². The number of furan rings is 1. The van der Waals surface area contributed by atoms with Crippen LogP contribution in [0.15, 0.2) is 40.8 Å². The maximum Gasteiger partial charge on any atom is 0.223 e. The fourth-order valence-electron chi connectivity index (χ4n) is 3.54. The number of hydrogen-bond acceptors (Lipinski definition) is 3. The first kappa shape index (κ1) is 20.1. The van der Waals surface area contributed by atoms with E-state index < -0.39 is 0 Å². The number of rotatable bonds is 8. The van der Waals surface area contributed by atoms with E-state index in [0.717, 1.165) is 25.7 Å². The second kappa shape index (κ2) is 10.1. The number of aryl methyl sites for hydroxylation is 1. The number of amides is 2. The van der Waals surface area contributed by atoms with Crippen molar-refractivity contribution in [1.29, 1.82) is 0 Å². The van der Waals surface area contributed by atoms with E-state index in [-0.39, 0.29) is 30.0 Å². The number of nitrogens with one attached hydrogen (secondary N) is 2. The highest BCUT2D eigenvalue weighted by molar-refractivity contribution is 5.79. The maximum absolute atomic E-state index is 13.8. The number of benzene rings is 1. The molecule has 150 valence electrons. The van der Waals surface area contributed by atoms with E-state index in [1.165, 1.54) is 12.5 Å². The molecule has 2 aromatic rings. The van der Waals surface area contributed by atoms with Crippen LogP contribution in [-0.4, -0.2) is 24.9 Å². The Morgan fingerprint density at radius 1 is 1.00 bits per heavy atom. The summed E-state index contributed by atoms with van der Waals surface area (Å²) < 4.78 is 19.4. The molecule has 28 heavy (non-hydrogen) atoms. The molecule has 0 spiro atoms. The second-order valence-corrected chi connectivity index (χ2v) is 7.22. The molecule has 1 aliphatic rings. The lowest BCUT2D eigenvalue weighted by atomic mass is 9.89. The largest absolute Gasteiger partial charge is 0.461 e. The minimum absolute atomic E-state index is 0.101. The van der Waals surface area contributed by atoms with Gasteiger partial charge in [-0.3, -0.25) is 9.59 Å². The van der Waals surface area contributed by atoms with Gasteiger partial charge in [-0.1, -0.05) is 31.4 Å². The molecule has 0 radical (unpaired) electrons. The summed E-state index contributed by atoms with van der Waals surface area (Å²) in [6.07, 6.45) is 6.12. The summed E-state index contributed by atoms with van der Waals surface area (Å²) in [4.78, 5) is 24.0. The van der Waals surface area contributed by atoms with Crippen LogP contribution in [0, 0.1) is 11.7 Å². The van der Waals surface area contributed by atoms with Gasteiger partial charge in [0.2, 0.25) is 11.8 Å². The number of hydrogen-bond donors (Lipinski definition) is 2. The molecule has 5 nitrogen and oxygen atoms in total. The van der Waals surface area contributed by atoms with Crippen LogP contribution in [0.25, 0.3) is 11.3 Å². The highest BCUT2D eigenvalue weighted by atomic mass is 19.1. The molecule has 0 atom stereocenters. The van der Waals surface area contributed by atoms with E-state index in [0.29, 0.717) is 36.6 Å². The lowest BCUT2D eigenvalue weighted by molar-refractivity contribution is -0.126. The van der Waals surface area contributed by atoms with Crippen LogP contribution >= 0.6 is 0 Å². The summed E-state index contributed by atoms with van der Waals surface area (Å²) in [5.74, 6) is 0.891. The summed E-state index contributed by atoms with van der Waals surface area (Å²) in [5.41, 5.74) is 0.409. The number of halogens is 1. The first-order valence-electron chi connectivity index (χ1n) is 10.0. The molecule has 1 aromatic carbocycles.